The first kappa shape index (κ1) is 16.4. The van der Waals surface area contributed by atoms with E-state index < -0.39 is 0 Å². The van der Waals surface area contributed by atoms with Crippen LogP contribution in [0.5, 0.6) is 0 Å². The van der Waals surface area contributed by atoms with Crippen molar-refractivity contribution in [2.45, 2.75) is 45.6 Å². The summed E-state index contributed by atoms with van der Waals surface area (Å²) in [6.07, 6.45) is 6.57. The van der Waals surface area contributed by atoms with Gasteiger partial charge in [0.25, 0.3) is 5.69 Å². The average Bonchev–Trinajstić information content (AvgIpc) is 2.44. The second-order valence-electron chi connectivity index (χ2n) is 6.13. The number of nitrogens with one attached hydrogen (secondary N) is 1. The summed E-state index contributed by atoms with van der Waals surface area (Å²) in [5, 5.41) is 14.4. The molecule has 0 heterocycles. The van der Waals surface area contributed by atoms with Crippen molar-refractivity contribution in [3.8, 4) is 0 Å². The van der Waals surface area contributed by atoms with Crippen molar-refractivity contribution in [1.82, 2.24) is 5.32 Å². The highest BCUT2D eigenvalue weighted by Crippen LogP contribution is 2.30. The van der Waals surface area contributed by atoms with Gasteiger partial charge in [0.05, 0.1) is 4.92 Å². The second-order valence-corrected chi connectivity index (χ2v) is 7.05. The molecule has 0 aliphatic heterocycles. The predicted octanol–water partition coefficient (Wildman–Crippen LogP) is 4.66. The predicted molar refractivity (Wildman–Crippen MR) is 88.2 cm³/mol. The molecule has 1 saturated carbocycles. The number of hydrogen-bond acceptors (Lipinski definition) is 3. The Balaban J connectivity index is 1.79. The highest BCUT2D eigenvalue weighted by atomic mass is 79.9. The van der Waals surface area contributed by atoms with Crippen molar-refractivity contribution in [2.75, 3.05) is 6.54 Å². The van der Waals surface area contributed by atoms with Crippen molar-refractivity contribution in [3.05, 3.63) is 38.3 Å². The standard InChI is InChI=1S/C16H23BrN2O2/c1-12-3-2-4-13(9-12)7-8-18-11-14-5-6-15(17)10-16(14)19(20)21/h5-6,10,12-13,18H,2-4,7-9,11H2,1H3. The molecule has 2 unspecified atom stereocenters. The van der Waals surface area contributed by atoms with Gasteiger partial charge in [-0.15, -0.1) is 0 Å². The quantitative estimate of drug-likeness (QED) is 0.459. The summed E-state index contributed by atoms with van der Waals surface area (Å²) in [5.41, 5.74) is 0.934. The molecule has 2 atom stereocenters. The number of rotatable bonds is 6. The number of hydrogen-bond donors (Lipinski definition) is 1. The largest absolute Gasteiger partial charge is 0.312 e. The van der Waals surface area contributed by atoms with Crippen LogP contribution in [-0.2, 0) is 6.54 Å². The minimum atomic E-state index is -0.315. The van der Waals surface area contributed by atoms with Crippen molar-refractivity contribution in [1.29, 1.82) is 0 Å². The summed E-state index contributed by atoms with van der Waals surface area (Å²) >= 11 is 3.28. The zero-order valence-electron chi connectivity index (χ0n) is 12.5. The van der Waals surface area contributed by atoms with Crippen LogP contribution in [0.3, 0.4) is 0 Å². The van der Waals surface area contributed by atoms with Crippen LogP contribution in [0.25, 0.3) is 0 Å². The molecule has 1 fully saturated rings. The van der Waals surface area contributed by atoms with Crippen LogP contribution < -0.4 is 5.32 Å². The molecular weight excluding hydrogens is 332 g/mol. The van der Waals surface area contributed by atoms with Crippen molar-refractivity contribution >= 4 is 21.6 Å². The third-order valence-corrected chi connectivity index (χ3v) is 4.83. The van der Waals surface area contributed by atoms with E-state index in [2.05, 4.69) is 28.2 Å². The molecule has 0 aromatic heterocycles. The summed E-state index contributed by atoms with van der Waals surface area (Å²) in [5.74, 6) is 1.68. The van der Waals surface area contributed by atoms with Gasteiger partial charge in [-0.25, -0.2) is 0 Å². The molecule has 0 saturated heterocycles. The van der Waals surface area contributed by atoms with Gasteiger partial charge in [-0.2, -0.15) is 0 Å². The van der Waals surface area contributed by atoms with Crippen LogP contribution in [0.1, 0.15) is 44.6 Å². The molecule has 1 aliphatic carbocycles. The van der Waals surface area contributed by atoms with E-state index in [4.69, 9.17) is 0 Å². The highest BCUT2D eigenvalue weighted by Gasteiger charge is 2.18. The van der Waals surface area contributed by atoms with Gasteiger partial charge in [-0.05, 0) is 43.4 Å². The minimum absolute atomic E-state index is 0.183. The smallest absolute Gasteiger partial charge is 0.275 e. The van der Waals surface area contributed by atoms with Gasteiger partial charge in [0.1, 0.15) is 0 Å². The highest BCUT2D eigenvalue weighted by molar-refractivity contribution is 9.10. The Morgan fingerprint density at radius 2 is 2.24 bits per heavy atom. The fraction of sp³-hybridized carbons (Fsp3) is 0.625. The van der Waals surface area contributed by atoms with E-state index in [1.807, 2.05) is 12.1 Å². The summed E-state index contributed by atoms with van der Waals surface area (Å²) in [7, 11) is 0. The first-order valence-corrected chi connectivity index (χ1v) is 8.49. The zero-order valence-corrected chi connectivity index (χ0v) is 14.1. The molecule has 0 bridgehead atoms. The number of nitrogens with zero attached hydrogens (tertiary/aromatic N) is 1. The second kappa shape index (κ2) is 7.90. The summed E-state index contributed by atoms with van der Waals surface area (Å²) < 4.78 is 0.745. The zero-order chi connectivity index (χ0) is 15.2. The Labute approximate surface area is 134 Å². The molecule has 5 heteroatoms. The molecule has 1 aliphatic rings. The maximum absolute atomic E-state index is 11.0. The summed E-state index contributed by atoms with van der Waals surface area (Å²) in [4.78, 5) is 10.7. The summed E-state index contributed by atoms with van der Waals surface area (Å²) in [6.45, 7) is 3.83. The topological polar surface area (TPSA) is 55.2 Å². The lowest BCUT2D eigenvalue weighted by Gasteiger charge is -2.26. The third-order valence-electron chi connectivity index (χ3n) is 4.33. The fourth-order valence-electron chi connectivity index (χ4n) is 3.21. The van der Waals surface area contributed by atoms with Crippen molar-refractivity contribution in [2.24, 2.45) is 11.8 Å². The summed E-state index contributed by atoms with van der Waals surface area (Å²) in [6, 6.07) is 5.24. The molecule has 4 nitrogen and oxygen atoms in total. The van der Waals surface area contributed by atoms with Crippen LogP contribution in [0.15, 0.2) is 22.7 Å². The molecule has 2 rings (SSSR count). The molecule has 1 N–H and O–H groups in total. The van der Waals surface area contributed by atoms with Crippen LogP contribution in [0.2, 0.25) is 0 Å². The number of nitro benzene ring substituents is 1. The van der Waals surface area contributed by atoms with E-state index in [-0.39, 0.29) is 10.6 Å². The molecule has 21 heavy (non-hydrogen) atoms. The molecule has 0 spiro atoms. The van der Waals surface area contributed by atoms with Gasteiger partial charge in [-0.3, -0.25) is 10.1 Å². The van der Waals surface area contributed by atoms with Gasteiger partial charge in [0.2, 0.25) is 0 Å². The molecule has 1 aromatic rings. The lowest BCUT2D eigenvalue weighted by molar-refractivity contribution is -0.385. The van der Waals surface area contributed by atoms with Gasteiger partial charge in [0.15, 0.2) is 0 Å². The number of benzene rings is 1. The van der Waals surface area contributed by atoms with E-state index in [0.29, 0.717) is 6.54 Å². The third kappa shape index (κ3) is 5.08. The van der Waals surface area contributed by atoms with E-state index >= 15 is 0 Å². The minimum Gasteiger partial charge on any atom is -0.312 e. The van der Waals surface area contributed by atoms with Crippen molar-refractivity contribution < 1.29 is 4.92 Å². The molecule has 0 amide bonds. The van der Waals surface area contributed by atoms with Gasteiger partial charge < -0.3 is 5.32 Å². The Morgan fingerprint density at radius 3 is 2.95 bits per heavy atom. The first-order chi connectivity index (χ1) is 10.1. The normalized spacial score (nSPS) is 22.2. The van der Waals surface area contributed by atoms with E-state index in [1.165, 1.54) is 32.1 Å². The van der Waals surface area contributed by atoms with Crippen molar-refractivity contribution in [3.63, 3.8) is 0 Å². The monoisotopic (exact) mass is 354 g/mol. The van der Waals surface area contributed by atoms with Crippen LogP contribution in [-0.4, -0.2) is 11.5 Å². The Morgan fingerprint density at radius 1 is 1.43 bits per heavy atom. The van der Waals surface area contributed by atoms with Gasteiger partial charge in [0, 0.05) is 22.6 Å². The van der Waals surface area contributed by atoms with Crippen LogP contribution in [0.4, 0.5) is 5.69 Å². The van der Waals surface area contributed by atoms with E-state index in [9.17, 15) is 10.1 Å². The number of nitro groups is 1. The molecular formula is C16H23BrN2O2. The fourth-order valence-corrected chi connectivity index (χ4v) is 3.56. The van der Waals surface area contributed by atoms with E-state index in [1.54, 1.807) is 6.07 Å². The van der Waals surface area contributed by atoms with Gasteiger partial charge >= 0.3 is 0 Å². The Kier molecular flexibility index (Phi) is 6.18. The molecule has 1 aromatic carbocycles. The van der Waals surface area contributed by atoms with Crippen LogP contribution >= 0.6 is 15.9 Å². The van der Waals surface area contributed by atoms with Crippen LogP contribution in [0, 0.1) is 22.0 Å². The van der Waals surface area contributed by atoms with Gasteiger partial charge in [-0.1, -0.05) is 42.1 Å². The lowest BCUT2D eigenvalue weighted by Crippen LogP contribution is -2.21. The Hall–Kier alpha value is -0.940. The molecule has 0 radical (unpaired) electrons. The maximum Gasteiger partial charge on any atom is 0.275 e. The first-order valence-electron chi connectivity index (χ1n) is 7.70. The Bertz CT molecular complexity index is 493. The maximum atomic E-state index is 11.0. The van der Waals surface area contributed by atoms with E-state index in [0.717, 1.165) is 28.4 Å². The molecule has 116 valence electrons. The number of halogens is 1. The lowest BCUT2D eigenvalue weighted by atomic mass is 9.81. The SMILES string of the molecule is CC1CCCC(CCNCc2ccc(Br)cc2[N+](=O)[O-])C1. The average molecular weight is 355 g/mol.